The van der Waals surface area contributed by atoms with E-state index in [1.165, 1.54) is 14.2 Å². The van der Waals surface area contributed by atoms with Crippen molar-refractivity contribution in [3.05, 3.63) is 66.0 Å². The maximum Gasteiger partial charge on any atom is 0.325 e. The minimum atomic E-state index is -1.46. The zero-order valence-electron chi connectivity index (χ0n) is 15.8. The molecule has 0 radical (unpaired) electrons. The Morgan fingerprint density at radius 3 is 2.33 bits per heavy atom. The van der Waals surface area contributed by atoms with Gasteiger partial charge in [0.25, 0.3) is 0 Å². The number of hydrogen-bond acceptors (Lipinski definition) is 6. The maximum atomic E-state index is 13.1. The minimum absolute atomic E-state index is 0.296. The van der Waals surface area contributed by atoms with Gasteiger partial charge in [0.2, 0.25) is 0 Å². The lowest BCUT2D eigenvalue weighted by molar-refractivity contribution is -0.174. The molecule has 27 heavy (non-hydrogen) atoms. The van der Waals surface area contributed by atoms with Crippen molar-refractivity contribution in [2.45, 2.75) is 12.5 Å². The quantitative estimate of drug-likeness (QED) is 0.596. The van der Waals surface area contributed by atoms with Crippen LogP contribution in [0.3, 0.4) is 0 Å². The van der Waals surface area contributed by atoms with Crippen molar-refractivity contribution < 1.29 is 19.1 Å². The average molecular weight is 368 g/mol. The number of likely N-dealkylation sites (tertiary alicyclic amines) is 1. The first kappa shape index (κ1) is 19.0. The molecular weight excluding hydrogens is 344 g/mol. The number of aromatic nitrogens is 1. The Balaban J connectivity index is 2.14. The highest BCUT2D eigenvalue weighted by molar-refractivity contribution is 6.02. The molecule has 2 aromatic rings. The number of carbonyl (C=O) groups is 2. The third kappa shape index (κ3) is 3.21. The highest BCUT2D eigenvalue weighted by Crippen LogP contribution is 2.52. The molecule has 1 aromatic heterocycles. The normalized spacial score (nSPS) is 21.6. The molecular formula is C21H24N2O4. The molecule has 0 bridgehead atoms. The van der Waals surface area contributed by atoms with E-state index in [0.717, 1.165) is 11.1 Å². The SMILES string of the molecule is COC(=O)C1(C(=O)OC)[C@@H](Cc2ccccc2)CN(C)[C@@H]1c1cccnc1. The van der Waals surface area contributed by atoms with E-state index in [1.54, 1.807) is 18.5 Å². The second kappa shape index (κ2) is 7.88. The Labute approximate surface area is 159 Å². The highest BCUT2D eigenvalue weighted by Gasteiger charge is 2.65. The van der Waals surface area contributed by atoms with E-state index in [4.69, 9.17) is 9.47 Å². The van der Waals surface area contributed by atoms with Crippen LogP contribution >= 0.6 is 0 Å². The molecule has 0 N–H and O–H groups in total. The van der Waals surface area contributed by atoms with Crippen LogP contribution in [0.15, 0.2) is 54.9 Å². The Morgan fingerprint density at radius 2 is 1.78 bits per heavy atom. The fraction of sp³-hybridized carbons (Fsp3) is 0.381. The maximum absolute atomic E-state index is 13.1. The van der Waals surface area contributed by atoms with Gasteiger partial charge in [-0.2, -0.15) is 0 Å². The fourth-order valence-corrected chi connectivity index (χ4v) is 4.32. The van der Waals surface area contributed by atoms with E-state index in [9.17, 15) is 9.59 Å². The van der Waals surface area contributed by atoms with Gasteiger partial charge in [0.15, 0.2) is 5.41 Å². The molecule has 142 valence electrons. The van der Waals surface area contributed by atoms with Gasteiger partial charge in [0.1, 0.15) is 0 Å². The third-order valence-electron chi connectivity index (χ3n) is 5.40. The summed E-state index contributed by atoms with van der Waals surface area (Å²) in [5.74, 6) is -1.45. The molecule has 1 saturated heterocycles. The molecule has 3 rings (SSSR count). The second-order valence-electron chi connectivity index (χ2n) is 6.87. The zero-order valence-corrected chi connectivity index (χ0v) is 15.8. The molecule has 1 aliphatic heterocycles. The highest BCUT2D eigenvalue weighted by atomic mass is 16.5. The van der Waals surface area contributed by atoms with Crippen LogP contribution in [0.5, 0.6) is 0 Å². The van der Waals surface area contributed by atoms with E-state index >= 15 is 0 Å². The van der Waals surface area contributed by atoms with Crippen LogP contribution in [0.2, 0.25) is 0 Å². The van der Waals surface area contributed by atoms with Crippen LogP contribution in [-0.2, 0) is 25.5 Å². The standard InChI is InChI=1S/C21H24N2O4/c1-23-14-17(12-15-8-5-4-6-9-15)21(19(24)26-2,20(25)27-3)18(23)16-10-7-11-22-13-16/h4-11,13,17-18H,12,14H2,1-3H3/t17-,18+/m0/s1. The van der Waals surface area contributed by atoms with Crippen LogP contribution < -0.4 is 0 Å². The summed E-state index contributed by atoms with van der Waals surface area (Å²) in [5.41, 5.74) is 0.378. The van der Waals surface area contributed by atoms with Gasteiger partial charge >= 0.3 is 11.9 Å². The Kier molecular flexibility index (Phi) is 5.56. The van der Waals surface area contributed by atoms with Crippen molar-refractivity contribution in [1.82, 2.24) is 9.88 Å². The molecule has 1 fully saturated rings. The largest absolute Gasteiger partial charge is 0.468 e. The topological polar surface area (TPSA) is 68.7 Å². The molecule has 2 atom stereocenters. The lowest BCUT2D eigenvalue weighted by atomic mass is 9.69. The fourth-order valence-electron chi connectivity index (χ4n) is 4.32. The smallest absolute Gasteiger partial charge is 0.325 e. The van der Waals surface area contributed by atoms with Crippen molar-refractivity contribution in [3.63, 3.8) is 0 Å². The van der Waals surface area contributed by atoms with Gasteiger partial charge in [-0.1, -0.05) is 36.4 Å². The number of ether oxygens (including phenoxy) is 2. The van der Waals surface area contributed by atoms with Crippen molar-refractivity contribution in [1.29, 1.82) is 0 Å². The van der Waals surface area contributed by atoms with Crippen molar-refractivity contribution in [2.24, 2.45) is 11.3 Å². The van der Waals surface area contributed by atoms with Gasteiger partial charge in [-0.15, -0.1) is 0 Å². The van der Waals surface area contributed by atoms with E-state index in [-0.39, 0.29) is 5.92 Å². The first-order chi connectivity index (χ1) is 13.1. The van der Waals surface area contributed by atoms with Crippen LogP contribution in [0.4, 0.5) is 0 Å². The van der Waals surface area contributed by atoms with E-state index in [1.807, 2.05) is 48.3 Å². The van der Waals surface area contributed by atoms with Gasteiger partial charge in [0.05, 0.1) is 20.3 Å². The Morgan fingerprint density at radius 1 is 1.11 bits per heavy atom. The first-order valence-corrected chi connectivity index (χ1v) is 8.86. The Hall–Kier alpha value is -2.73. The van der Waals surface area contributed by atoms with Crippen molar-refractivity contribution in [2.75, 3.05) is 27.8 Å². The predicted molar refractivity (Wildman–Crippen MR) is 99.7 cm³/mol. The second-order valence-corrected chi connectivity index (χ2v) is 6.87. The number of rotatable bonds is 5. The average Bonchev–Trinajstić information content (AvgIpc) is 3.00. The molecule has 0 amide bonds. The summed E-state index contributed by atoms with van der Waals surface area (Å²) in [4.78, 5) is 32.4. The van der Waals surface area contributed by atoms with E-state index in [0.29, 0.717) is 13.0 Å². The number of nitrogens with zero attached hydrogens (tertiary/aromatic N) is 2. The van der Waals surface area contributed by atoms with Gasteiger partial charge < -0.3 is 9.47 Å². The van der Waals surface area contributed by atoms with Crippen LogP contribution in [-0.4, -0.2) is 49.6 Å². The molecule has 0 saturated carbocycles. The van der Waals surface area contributed by atoms with Gasteiger partial charge in [-0.25, -0.2) is 0 Å². The summed E-state index contributed by atoms with van der Waals surface area (Å²) in [6.45, 7) is 0.554. The van der Waals surface area contributed by atoms with Crippen molar-refractivity contribution >= 4 is 11.9 Å². The number of esters is 2. The molecule has 2 heterocycles. The first-order valence-electron chi connectivity index (χ1n) is 8.86. The van der Waals surface area contributed by atoms with Crippen LogP contribution in [0.1, 0.15) is 17.2 Å². The summed E-state index contributed by atoms with van der Waals surface area (Å²) >= 11 is 0. The summed E-state index contributed by atoms with van der Waals surface area (Å²) in [5, 5.41) is 0. The molecule has 1 aliphatic rings. The van der Waals surface area contributed by atoms with E-state index in [2.05, 4.69) is 4.98 Å². The summed E-state index contributed by atoms with van der Waals surface area (Å²) in [6.07, 6.45) is 3.91. The molecule has 0 unspecified atom stereocenters. The van der Waals surface area contributed by atoms with Gasteiger partial charge in [-0.05, 0) is 30.7 Å². The van der Waals surface area contributed by atoms with E-state index < -0.39 is 23.4 Å². The third-order valence-corrected chi connectivity index (χ3v) is 5.40. The van der Waals surface area contributed by atoms with Gasteiger partial charge in [0, 0.05) is 24.9 Å². The number of benzene rings is 1. The monoisotopic (exact) mass is 368 g/mol. The molecule has 6 heteroatoms. The summed E-state index contributed by atoms with van der Waals surface area (Å²) < 4.78 is 10.3. The molecule has 0 spiro atoms. The summed E-state index contributed by atoms with van der Waals surface area (Å²) in [6, 6.07) is 13.0. The molecule has 0 aliphatic carbocycles. The Bertz CT molecular complexity index is 778. The lowest BCUT2D eigenvalue weighted by Crippen LogP contribution is -2.49. The number of methoxy groups -OCH3 is 2. The predicted octanol–water partition coefficient (Wildman–Crippen LogP) is 2.26. The molecule has 1 aromatic carbocycles. The molecule has 6 nitrogen and oxygen atoms in total. The minimum Gasteiger partial charge on any atom is -0.468 e. The number of pyridine rings is 1. The number of carbonyl (C=O) groups excluding carboxylic acids is 2. The van der Waals surface area contributed by atoms with Gasteiger partial charge in [-0.3, -0.25) is 19.5 Å². The van der Waals surface area contributed by atoms with Crippen molar-refractivity contribution in [3.8, 4) is 0 Å². The zero-order chi connectivity index (χ0) is 19.4. The number of hydrogen-bond donors (Lipinski definition) is 0. The van der Waals surface area contributed by atoms with Crippen LogP contribution in [0, 0.1) is 11.3 Å². The lowest BCUT2D eigenvalue weighted by Gasteiger charge is -2.35. The van der Waals surface area contributed by atoms with Crippen LogP contribution in [0.25, 0.3) is 0 Å². The summed E-state index contributed by atoms with van der Waals surface area (Å²) in [7, 11) is 4.53.